The Morgan fingerprint density at radius 3 is 2.86 bits per heavy atom. The van der Waals surface area contributed by atoms with E-state index in [4.69, 9.17) is 5.53 Å². The summed E-state index contributed by atoms with van der Waals surface area (Å²) in [5, 5.41) is 3.67. The third-order valence-electron chi connectivity index (χ3n) is 7.24. The molecular weight excluding hydrogens is 256 g/mol. The van der Waals surface area contributed by atoms with Crippen molar-refractivity contribution in [3.63, 3.8) is 0 Å². The Bertz CT molecular complexity index is 544. The Morgan fingerprint density at radius 1 is 1.19 bits per heavy atom. The quantitative estimate of drug-likeness (QED) is 0.510. The number of nitrogens with zero attached hydrogens (tertiary/aromatic N) is 1. The molecule has 4 rings (SSSR count). The SMILES string of the molecule is C[C@@H]1CC[C@H]2[C@@H]3C=CC4=CC(N=N)C=C[C@@H]4[C@H]3CC[C@]12C. The van der Waals surface area contributed by atoms with Gasteiger partial charge in [-0.2, -0.15) is 5.11 Å². The van der Waals surface area contributed by atoms with Crippen molar-refractivity contribution in [2.45, 2.75) is 45.6 Å². The van der Waals surface area contributed by atoms with Gasteiger partial charge >= 0.3 is 0 Å². The van der Waals surface area contributed by atoms with E-state index in [1.165, 1.54) is 31.3 Å². The van der Waals surface area contributed by atoms with Gasteiger partial charge in [0, 0.05) is 5.92 Å². The monoisotopic (exact) mass is 282 g/mol. The molecule has 21 heavy (non-hydrogen) atoms. The summed E-state index contributed by atoms with van der Waals surface area (Å²) in [4.78, 5) is 0. The fourth-order valence-corrected chi connectivity index (χ4v) is 5.75. The van der Waals surface area contributed by atoms with Gasteiger partial charge in [0.1, 0.15) is 6.04 Å². The van der Waals surface area contributed by atoms with Gasteiger partial charge in [0.25, 0.3) is 0 Å². The minimum absolute atomic E-state index is 0.0298. The molecule has 7 atom stereocenters. The van der Waals surface area contributed by atoms with Gasteiger partial charge in [0.15, 0.2) is 0 Å². The molecule has 0 heterocycles. The Balaban J connectivity index is 1.68. The average molecular weight is 282 g/mol. The molecule has 0 aliphatic heterocycles. The predicted octanol–water partition coefficient (Wildman–Crippen LogP) is 5.15. The van der Waals surface area contributed by atoms with E-state index in [9.17, 15) is 0 Å². The smallest absolute Gasteiger partial charge is 0.107 e. The lowest BCUT2D eigenvalue weighted by Crippen LogP contribution is -2.44. The summed E-state index contributed by atoms with van der Waals surface area (Å²) >= 11 is 0. The van der Waals surface area contributed by atoms with Gasteiger partial charge in [-0.1, -0.05) is 44.2 Å². The third kappa shape index (κ3) is 1.84. The topological polar surface area (TPSA) is 36.2 Å². The molecule has 0 aromatic heterocycles. The van der Waals surface area contributed by atoms with Gasteiger partial charge in [-0.15, -0.1) is 0 Å². The maximum atomic E-state index is 7.23. The highest BCUT2D eigenvalue weighted by molar-refractivity contribution is 5.38. The maximum Gasteiger partial charge on any atom is 0.107 e. The highest BCUT2D eigenvalue weighted by Crippen LogP contribution is 2.61. The van der Waals surface area contributed by atoms with Crippen LogP contribution < -0.4 is 0 Å². The summed E-state index contributed by atoms with van der Waals surface area (Å²) in [5.41, 5.74) is 9.22. The first-order chi connectivity index (χ1) is 10.1. The van der Waals surface area contributed by atoms with Crippen LogP contribution in [0, 0.1) is 40.5 Å². The molecule has 112 valence electrons. The summed E-state index contributed by atoms with van der Waals surface area (Å²) < 4.78 is 0. The first-order valence-electron chi connectivity index (χ1n) is 8.58. The molecule has 4 aliphatic rings. The van der Waals surface area contributed by atoms with Crippen LogP contribution in [0.4, 0.5) is 0 Å². The van der Waals surface area contributed by atoms with Crippen molar-refractivity contribution in [2.24, 2.45) is 40.1 Å². The lowest BCUT2D eigenvalue weighted by molar-refractivity contribution is 0.0262. The van der Waals surface area contributed by atoms with Crippen molar-refractivity contribution in [3.05, 3.63) is 36.0 Å². The number of rotatable bonds is 1. The molecular formula is C19H26N2. The second kappa shape index (κ2) is 4.66. The van der Waals surface area contributed by atoms with Crippen molar-refractivity contribution in [3.8, 4) is 0 Å². The van der Waals surface area contributed by atoms with E-state index >= 15 is 0 Å². The van der Waals surface area contributed by atoms with E-state index in [2.05, 4.69) is 49.3 Å². The molecule has 1 N–H and O–H groups in total. The summed E-state index contributed by atoms with van der Waals surface area (Å²) in [6.07, 6.45) is 17.1. The molecule has 1 unspecified atom stereocenters. The fraction of sp³-hybridized carbons (Fsp3) is 0.684. The zero-order valence-electron chi connectivity index (χ0n) is 13.1. The van der Waals surface area contributed by atoms with Crippen molar-refractivity contribution < 1.29 is 0 Å². The van der Waals surface area contributed by atoms with Crippen LogP contribution >= 0.6 is 0 Å². The zero-order valence-corrected chi connectivity index (χ0v) is 13.1. The van der Waals surface area contributed by atoms with Crippen LogP contribution in [0.25, 0.3) is 0 Å². The second-order valence-corrected chi connectivity index (χ2v) is 7.93. The Hall–Kier alpha value is -1.18. The third-order valence-corrected chi connectivity index (χ3v) is 7.24. The Labute approximate surface area is 127 Å². The first-order valence-corrected chi connectivity index (χ1v) is 8.58. The maximum absolute atomic E-state index is 7.23. The summed E-state index contributed by atoms with van der Waals surface area (Å²) in [5.74, 6) is 3.91. The molecule has 2 heteroatoms. The minimum atomic E-state index is -0.0298. The molecule has 4 aliphatic carbocycles. The van der Waals surface area contributed by atoms with E-state index < -0.39 is 0 Å². The fourth-order valence-electron chi connectivity index (χ4n) is 5.75. The van der Waals surface area contributed by atoms with E-state index in [0.29, 0.717) is 11.3 Å². The van der Waals surface area contributed by atoms with Crippen molar-refractivity contribution in [2.75, 3.05) is 0 Å². The van der Waals surface area contributed by atoms with Crippen LogP contribution in [-0.4, -0.2) is 6.04 Å². The van der Waals surface area contributed by atoms with Gasteiger partial charge in [-0.25, -0.2) is 5.53 Å². The van der Waals surface area contributed by atoms with Crippen molar-refractivity contribution in [1.29, 1.82) is 5.53 Å². The number of nitrogens with one attached hydrogen (secondary N) is 1. The van der Waals surface area contributed by atoms with Crippen LogP contribution in [0.3, 0.4) is 0 Å². The molecule has 0 amide bonds. The second-order valence-electron chi connectivity index (χ2n) is 7.93. The predicted molar refractivity (Wildman–Crippen MR) is 85.0 cm³/mol. The van der Waals surface area contributed by atoms with Crippen molar-refractivity contribution >= 4 is 0 Å². The lowest BCUT2D eigenvalue weighted by atomic mass is 9.54. The molecule has 0 saturated heterocycles. The molecule has 0 aromatic rings. The highest BCUT2D eigenvalue weighted by atomic mass is 15.0. The van der Waals surface area contributed by atoms with E-state index in [1.54, 1.807) is 0 Å². The van der Waals surface area contributed by atoms with Gasteiger partial charge in [0.05, 0.1) is 0 Å². The zero-order chi connectivity index (χ0) is 14.6. The molecule has 2 nitrogen and oxygen atoms in total. The normalized spacial score (nSPS) is 50.9. The van der Waals surface area contributed by atoms with Gasteiger partial charge in [-0.3, -0.25) is 0 Å². The number of hydrogen-bond donors (Lipinski definition) is 1. The van der Waals surface area contributed by atoms with Gasteiger partial charge in [-0.05, 0) is 60.3 Å². The molecule has 2 fully saturated rings. The van der Waals surface area contributed by atoms with E-state index in [0.717, 1.165) is 23.7 Å². The minimum Gasteiger partial charge on any atom is -0.209 e. The molecule has 0 spiro atoms. The number of allylic oxidation sites excluding steroid dienone is 4. The van der Waals surface area contributed by atoms with E-state index in [1.807, 2.05) is 0 Å². The van der Waals surface area contributed by atoms with Crippen LogP contribution in [0.5, 0.6) is 0 Å². The van der Waals surface area contributed by atoms with Crippen LogP contribution in [0.2, 0.25) is 0 Å². The van der Waals surface area contributed by atoms with Crippen LogP contribution in [-0.2, 0) is 0 Å². The standard InChI is InChI=1S/C19H26N2/c1-12-3-8-18-17-6-4-13-11-14(21-20)5-7-15(13)16(17)9-10-19(12,18)2/h4-7,11-12,14-18,20H,3,8-10H2,1-2H3/t12-,14?,15+,16-,17-,18+,19-/m1/s1. The molecule has 0 radical (unpaired) electrons. The van der Waals surface area contributed by atoms with Crippen LogP contribution in [0.1, 0.15) is 39.5 Å². The summed E-state index contributed by atoms with van der Waals surface area (Å²) in [6, 6.07) is -0.0298. The largest absolute Gasteiger partial charge is 0.209 e. The Kier molecular flexibility index (Phi) is 2.99. The van der Waals surface area contributed by atoms with Crippen LogP contribution in [0.15, 0.2) is 41.1 Å². The lowest BCUT2D eigenvalue weighted by Gasteiger charge is -2.51. The first kappa shape index (κ1) is 13.5. The average Bonchev–Trinajstić information content (AvgIpc) is 2.82. The van der Waals surface area contributed by atoms with Gasteiger partial charge < -0.3 is 0 Å². The van der Waals surface area contributed by atoms with E-state index in [-0.39, 0.29) is 6.04 Å². The molecule has 0 aromatic carbocycles. The molecule has 2 saturated carbocycles. The number of fused-ring (bicyclic) bond motifs is 5. The van der Waals surface area contributed by atoms with Crippen molar-refractivity contribution in [1.82, 2.24) is 0 Å². The summed E-state index contributed by atoms with van der Waals surface area (Å²) in [6.45, 7) is 5.02. The highest BCUT2D eigenvalue weighted by Gasteiger charge is 2.53. The number of hydrogen-bond acceptors (Lipinski definition) is 2. The summed E-state index contributed by atoms with van der Waals surface area (Å²) in [7, 11) is 0. The van der Waals surface area contributed by atoms with Gasteiger partial charge in [0.2, 0.25) is 0 Å². The Morgan fingerprint density at radius 2 is 2.05 bits per heavy atom. The molecule has 0 bridgehead atoms.